The number of hydrogen-bond acceptors (Lipinski definition) is 5. The number of amides is 1. The fourth-order valence-electron chi connectivity index (χ4n) is 3.95. The quantitative estimate of drug-likeness (QED) is 0.216. The van der Waals surface area contributed by atoms with Crippen LogP contribution >= 0.6 is 11.6 Å². The highest BCUT2D eigenvalue weighted by Gasteiger charge is 2.21. The number of hydrogen-bond donors (Lipinski definition) is 3. The molecular formula is C29H28ClN3O5S2. The number of carbonyl (C=O) groups excluding carboxylic acids is 1. The number of para-hydroxylation sites is 1. The van der Waals surface area contributed by atoms with E-state index in [2.05, 4.69) is 14.8 Å². The summed E-state index contributed by atoms with van der Waals surface area (Å²) in [7, 11) is -7.96. The van der Waals surface area contributed by atoms with Crippen LogP contribution in [0.5, 0.6) is 0 Å². The lowest BCUT2D eigenvalue weighted by Gasteiger charge is -2.14. The maximum atomic E-state index is 13.1. The van der Waals surface area contributed by atoms with Crippen molar-refractivity contribution in [3.05, 3.63) is 112 Å². The van der Waals surface area contributed by atoms with Gasteiger partial charge in [-0.3, -0.25) is 14.2 Å². The molecule has 40 heavy (non-hydrogen) atoms. The molecule has 208 valence electrons. The lowest BCUT2D eigenvalue weighted by Crippen LogP contribution is -2.17. The minimum absolute atomic E-state index is 0.0189. The monoisotopic (exact) mass is 597 g/mol. The van der Waals surface area contributed by atoms with E-state index >= 15 is 0 Å². The van der Waals surface area contributed by atoms with Gasteiger partial charge in [0.25, 0.3) is 26.0 Å². The number of halogens is 1. The summed E-state index contributed by atoms with van der Waals surface area (Å²) < 4.78 is 57.1. The molecule has 0 bridgehead atoms. The molecule has 8 nitrogen and oxygen atoms in total. The maximum Gasteiger partial charge on any atom is 0.263 e. The zero-order valence-corrected chi connectivity index (χ0v) is 24.6. The third kappa shape index (κ3) is 6.47. The van der Waals surface area contributed by atoms with E-state index in [4.69, 9.17) is 11.6 Å². The Kier molecular flexibility index (Phi) is 8.25. The molecule has 0 fully saturated rings. The van der Waals surface area contributed by atoms with Gasteiger partial charge in [0, 0.05) is 16.9 Å². The molecule has 0 saturated heterocycles. The van der Waals surface area contributed by atoms with Gasteiger partial charge in [-0.15, -0.1) is 0 Å². The van der Waals surface area contributed by atoms with Gasteiger partial charge in [-0.2, -0.15) is 0 Å². The number of carbonyl (C=O) groups is 1. The topological polar surface area (TPSA) is 121 Å². The molecule has 3 N–H and O–H groups in total. The van der Waals surface area contributed by atoms with Gasteiger partial charge in [0.1, 0.15) is 4.90 Å². The first kappa shape index (κ1) is 29.1. The first-order valence-electron chi connectivity index (χ1n) is 12.2. The zero-order valence-electron chi connectivity index (χ0n) is 22.2. The predicted molar refractivity (Wildman–Crippen MR) is 159 cm³/mol. The Morgan fingerprint density at radius 3 is 1.90 bits per heavy atom. The first-order valence-corrected chi connectivity index (χ1v) is 15.5. The fourth-order valence-corrected chi connectivity index (χ4v) is 6.73. The van der Waals surface area contributed by atoms with E-state index in [1.165, 1.54) is 42.5 Å². The molecule has 1 amide bonds. The smallest absolute Gasteiger partial charge is 0.263 e. The Bertz CT molecular complexity index is 1800. The van der Waals surface area contributed by atoms with Gasteiger partial charge in [-0.05, 0) is 105 Å². The van der Waals surface area contributed by atoms with E-state index in [1.54, 1.807) is 18.2 Å². The van der Waals surface area contributed by atoms with Crippen molar-refractivity contribution in [3.8, 4) is 0 Å². The number of nitrogens with one attached hydrogen (secondary N) is 3. The molecule has 0 radical (unpaired) electrons. The van der Waals surface area contributed by atoms with E-state index in [1.807, 2.05) is 45.9 Å². The van der Waals surface area contributed by atoms with E-state index in [-0.39, 0.29) is 20.4 Å². The summed E-state index contributed by atoms with van der Waals surface area (Å²) in [6.45, 7) is 7.42. The number of rotatable bonds is 8. The zero-order chi connectivity index (χ0) is 29.2. The van der Waals surface area contributed by atoms with Crippen molar-refractivity contribution in [2.24, 2.45) is 0 Å². The summed E-state index contributed by atoms with van der Waals surface area (Å²) in [5.74, 6) is -0.594. The molecule has 0 aromatic heterocycles. The van der Waals surface area contributed by atoms with Crippen molar-refractivity contribution in [1.29, 1.82) is 0 Å². The summed E-state index contributed by atoms with van der Waals surface area (Å²) in [6.07, 6.45) is 0. The molecule has 4 aromatic carbocycles. The Labute approximate surface area is 239 Å². The molecule has 0 spiro atoms. The van der Waals surface area contributed by atoms with Gasteiger partial charge in [-0.25, -0.2) is 16.8 Å². The second-order valence-electron chi connectivity index (χ2n) is 9.40. The minimum Gasteiger partial charge on any atom is -0.322 e. The van der Waals surface area contributed by atoms with Crippen LogP contribution in [0.3, 0.4) is 0 Å². The van der Waals surface area contributed by atoms with Crippen molar-refractivity contribution >= 4 is 54.6 Å². The van der Waals surface area contributed by atoms with Crippen molar-refractivity contribution < 1.29 is 21.6 Å². The highest BCUT2D eigenvalue weighted by Crippen LogP contribution is 2.27. The number of benzene rings is 4. The molecule has 0 atom stereocenters. The van der Waals surface area contributed by atoms with Crippen molar-refractivity contribution in [2.45, 2.75) is 37.5 Å². The molecular weight excluding hydrogens is 570 g/mol. The minimum atomic E-state index is -4.09. The summed E-state index contributed by atoms with van der Waals surface area (Å²) in [4.78, 5) is 12.7. The maximum absolute atomic E-state index is 13.1. The summed E-state index contributed by atoms with van der Waals surface area (Å²) >= 11 is 6.19. The second-order valence-corrected chi connectivity index (χ2v) is 13.1. The van der Waals surface area contributed by atoms with Crippen molar-refractivity contribution in [1.82, 2.24) is 0 Å². The third-order valence-corrected chi connectivity index (χ3v) is 9.61. The number of sulfonamides is 2. The second kappa shape index (κ2) is 11.3. The molecule has 0 unspecified atom stereocenters. The van der Waals surface area contributed by atoms with Crippen LogP contribution in [0, 0.1) is 27.7 Å². The molecule has 0 aliphatic heterocycles. The van der Waals surface area contributed by atoms with E-state index in [0.29, 0.717) is 17.1 Å². The van der Waals surface area contributed by atoms with Crippen LogP contribution in [0.4, 0.5) is 17.1 Å². The van der Waals surface area contributed by atoms with E-state index in [0.717, 1.165) is 22.3 Å². The fraction of sp³-hybridized carbons (Fsp3) is 0.138. The van der Waals surface area contributed by atoms with Gasteiger partial charge >= 0.3 is 0 Å². The van der Waals surface area contributed by atoms with Crippen LogP contribution in [0.25, 0.3) is 0 Å². The molecule has 0 saturated carbocycles. The average Bonchev–Trinajstić information content (AvgIpc) is 2.89. The molecule has 0 heterocycles. The standard InChI is InChI=1S/C29H28ClN3O5S2/c1-18-8-10-24(16-21(18)4)32-40(37,38)27-17-22(9-15-26(27)30)29(34)31-23-11-13-25(14-12-23)39(35,36)33-28-19(2)6-5-7-20(28)3/h5-17,32-33H,1-4H3,(H,31,34). The summed E-state index contributed by atoms with van der Waals surface area (Å²) in [5, 5.41) is 2.61. The van der Waals surface area contributed by atoms with Crippen LogP contribution < -0.4 is 14.8 Å². The third-order valence-electron chi connectivity index (χ3n) is 6.38. The molecule has 11 heteroatoms. The van der Waals surface area contributed by atoms with Crippen LogP contribution in [0.15, 0.2) is 88.7 Å². The van der Waals surface area contributed by atoms with Gasteiger partial charge < -0.3 is 5.32 Å². The number of anilines is 3. The van der Waals surface area contributed by atoms with Crippen LogP contribution in [-0.2, 0) is 20.0 Å². The summed E-state index contributed by atoms with van der Waals surface area (Å²) in [6, 6.07) is 20.2. The Morgan fingerprint density at radius 1 is 0.650 bits per heavy atom. The van der Waals surface area contributed by atoms with Gasteiger partial charge in [-0.1, -0.05) is 35.9 Å². The molecule has 4 rings (SSSR count). The Hall–Kier alpha value is -3.86. The lowest BCUT2D eigenvalue weighted by atomic mass is 10.1. The normalized spacial score (nSPS) is 11.6. The Morgan fingerprint density at radius 2 is 1.27 bits per heavy atom. The van der Waals surface area contributed by atoms with Gasteiger partial charge in [0.2, 0.25) is 0 Å². The van der Waals surface area contributed by atoms with E-state index in [9.17, 15) is 21.6 Å². The van der Waals surface area contributed by atoms with Gasteiger partial charge in [0.05, 0.1) is 15.6 Å². The number of aryl methyl sites for hydroxylation is 4. The first-order chi connectivity index (χ1) is 18.8. The highest BCUT2D eigenvalue weighted by atomic mass is 35.5. The Balaban J connectivity index is 1.51. The van der Waals surface area contributed by atoms with Crippen LogP contribution in [0.1, 0.15) is 32.6 Å². The lowest BCUT2D eigenvalue weighted by molar-refractivity contribution is 0.102. The van der Waals surface area contributed by atoms with E-state index < -0.39 is 26.0 Å². The molecule has 4 aromatic rings. The van der Waals surface area contributed by atoms with Crippen molar-refractivity contribution in [3.63, 3.8) is 0 Å². The molecule has 0 aliphatic rings. The SMILES string of the molecule is Cc1ccc(NS(=O)(=O)c2cc(C(=O)Nc3ccc(S(=O)(=O)Nc4c(C)cccc4C)cc3)ccc2Cl)cc1C. The predicted octanol–water partition coefficient (Wildman–Crippen LogP) is 6.43. The van der Waals surface area contributed by atoms with Gasteiger partial charge in [0.15, 0.2) is 0 Å². The van der Waals surface area contributed by atoms with Crippen LogP contribution in [-0.4, -0.2) is 22.7 Å². The summed E-state index contributed by atoms with van der Waals surface area (Å²) in [5.41, 5.74) is 4.78. The average molecular weight is 598 g/mol. The largest absolute Gasteiger partial charge is 0.322 e. The van der Waals surface area contributed by atoms with Crippen LogP contribution in [0.2, 0.25) is 5.02 Å². The highest BCUT2D eigenvalue weighted by molar-refractivity contribution is 7.93. The molecule has 0 aliphatic carbocycles. The van der Waals surface area contributed by atoms with Crippen molar-refractivity contribution in [2.75, 3.05) is 14.8 Å².